The normalized spacial score (nSPS) is 14.2. The molecule has 19 heteroatoms. The Morgan fingerprint density at radius 3 is 0.660 bits per heavy atom. The van der Waals surface area contributed by atoms with E-state index in [4.69, 9.17) is 37.0 Å². The average Bonchev–Trinajstić information content (AvgIpc) is 1.86. The third-order valence-corrected chi connectivity index (χ3v) is 19.2. The number of hydrogen-bond donors (Lipinski definition) is 3. The molecule has 0 saturated heterocycles. The van der Waals surface area contributed by atoms with E-state index in [1.54, 1.807) is 0 Å². The highest BCUT2D eigenvalue weighted by molar-refractivity contribution is 7.47. The van der Waals surface area contributed by atoms with E-state index >= 15 is 0 Å². The minimum absolute atomic E-state index is 0.103. The van der Waals surface area contributed by atoms with Crippen LogP contribution in [0.25, 0.3) is 0 Å². The van der Waals surface area contributed by atoms with Gasteiger partial charge in [-0.3, -0.25) is 37.3 Å². The van der Waals surface area contributed by atoms with Gasteiger partial charge in [0, 0.05) is 25.7 Å². The summed E-state index contributed by atoms with van der Waals surface area (Å²) >= 11 is 0. The maximum Gasteiger partial charge on any atom is 0.472 e. The van der Waals surface area contributed by atoms with E-state index in [1.807, 2.05) is 0 Å². The molecule has 0 aromatic rings. The molecule has 17 nitrogen and oxygen atoms in total. The van der Waals surface area contributed by atoms with Crippen LogP contribution in [0.15, 0.2) is 0 Å². The molecule has 0 radical (unpaired) electrons. The zero-order valence-corrected chi connectivity index (χ0v) is 63.4. The molecule has 0 heterocycles. The van der Waals surface area contributed by atoms with Crippen molar-refractivity contribution in [1.82, 2.24) is 0 Å². The van der Waals surface area contributed by atoms with E-state index < -0.39 is 97.5 Å². The Labute approximate surface area is 575 Å². The van der Waals surface area contributed by atoms with Gasteiger partial charge in [-0.05, 0) is 49.4 Å². The number of ether oxygens (including phenoxy) is 4. The summed E-state index contributed by atoms with van der Waals surface area (Å²) in [6, 6.07) is 0. The van der Waals surface area contributed by atoms with Gasteiger partial charge in [-0.15, -0.1) is 0 Å². The van der Waals surface area contributed by atoms with Gasteiger partial charge in [0.15, 0.2) is 12.2 Å². The second kappa shape index (κ2) is 64.4. The van der Waals surface area contributed by atoms with Gasteiger partial charge in [0.1, 0.15) is 19.3 Å². The number of hydrogen-bond acceptors (Lipinski definition) is 15. The van der Waals surface area contributed by atoms with Gasteiger partial charge in [-0.2, -0.15) is 0 Å². The predicted molar refractivity (Wildman–Crippen MR) is 381 cm³/mol. The van der Waals surface area contributed by atoms with Gasteiger partial charge < -0.3 is 33.8 Å². The van der Waals surface area contributed by atoms with Crippen LogP contribution in [-0.2, 0) is 65.4 Å². The average molecular weight is 1380 g/mol. The fourth-order valence-corrected chi connectivity index (χ4v) is 13.0. The lowest BCUT2D eigenvalue weighted by atomic mass is 10.0. The van der Waals surface area contributed by atoms with Crippen molar-refractivity contribution in [2.75, 3.05) is 39.6 Å². The summed E-state index contributed by atoms with van der Waals surface area (Å²) in [5.41, 5.74) is 0. The summed E-state index contributed by atoms with van der Waals surface area (Å²) in [5, 5.41) is 10.6. The highest BCUT2D eigenvalue weighted by Gasteiger charge is 2.30. The molecule has 0 fully saturated rings. The van der Waals surface area contributed by atoms with Crippen LogP contribution in [-0.4, -0.2) is 96.7 Å². The van der Waals surface area contributed by atoms with Crippen molar-refractivity contribution in [2.45, 2.75) is 395 Å². The summed E-state index contributed by atoms with van der Waals surface area (Å²) in [7, 11) is -9.91. The topological polar surface area (TPSA) is 237 Å². The van der Waals surface area contributed by atoms with E-state index in [0.717, 1.165) is 108 Å². The molecule has 558 valence electrons. The van der Waals surface area contributed by atoms with Crippen LogP contribution >= 0.6 is 15.6 Å². The van der Waals surface area contributed by atoms with Gasteiger partial charge in [0.05, 0.1) is 26.4 Å². The second-order valence-corrected chi connectivity index (χ2v) is 31.9. The first-order valence-electron chi connectivity index (χ1n) is 38.7. The van der Waals surface area contributed by atoms with Gasteiger partial charge in [-0.1, -0.05) is 325 Å². The number of phosphoric acid groups is 2. The van der Waals surface area contributed by atoms with E-state index in [9.17, 15) is 43.2 Å². The SMILES string of the molecule is CC(C)CCCCCCCCCCCCCCCCC(=O)OC[C@H](COP(=O)(O)OCC(O)COP(=O)(O)OC[C@@H](COC(=O)CCCCCCCCCC(C)C)OC(=O)CCCCCCCCCCCCCCCCC(C)C)OC(=O)CCCCCCCCCC(C)C. The highest BCUT2D eigenvalue weighted by atomic mass is 31.2. The Morgan fingerprint density at radius 2 is 0.447 bits per heavy atom. The first-order chi connectivity index (χ1) is 45.1. The minimum Gasteiger partial charge on any atom is -0.462 e. The van der Waals surface area contributed by atoms with Gasteiger partial charge in [-0.25, -0.2) is 9.13 Å². The molecule has 94 heavy (non-hydrogen) atoms. The van der Waals surface area contributed by atoms with E-state index in [1.165, 1.54) is 173 Å². The number of aliphatic hydroxyl groups excluding tert-OH is 1. The maximum absolute atomic E-state index is 13.0. The zero-order chi connectivity index (χ0) is 69.6. The summed E-state index contributed by atoms with van der Waals surface area (Å²) in [5.74, 6) is 0.870. The van der Waals surface area contributed by atoms with Gasteiger partial charge in [0.2, 0.25) is 0 Å². The van der Waals surface area contributed by atoms with Crippen LogP contribution in [0.4, 0.5) is 0 Å². The Morgan fingerprint density at radius 1 is 0.266 bits per heavy atom. The molecule has 0 rings (SSSR count). The van der Waals surface area contributed by atoms with Crippen molar-refractivity contribution in [3.8, 4) is 0 Å². The minimum atomic E-state index is -4.95. The molecule has 0 amide bonds. The highest BCUT2D eigenvalue weighted by Crippen LogP contribution is 2.45. The van der Waals surface area contributed by atoms with E-state index in [0.29, 0.717) is 37.5 Å². The Kier molecular flexibility index (Phi) is 63.1. The number of rotatable bonds is 72. The lowest BCUT2D eigenvalue weighted by Crippen LogP contribution is -2.30. The number of carbonyl (C=O) groups is 4. The van der Waals surface area contributed by atoms with E-state index in [-0.39, 0.29) is 25.7 Å². The third-order valence-electron chi connectivity index (χ3n) is 17.3. The van der Waals surface area contributed by atoms with Crippen molar-refractivity contribution in [3.63, 3.8) is 0 Å². The van der Waals surface area contributed by atoms with Crippen LogP contribution < -0.4 is 0 Å². The van der Waals surface area contributed by atoms with Crippen molar-refractivity contribution < 1.29 is 80.2 Å². The fourth-order valence-electron chi connectivity index (χ4n) is 11.4. The lowest BCUT2D eigenvalue weighted by Gasteiger charge is -2.21. The number of unbranched alkanes of at least 4 members (excludes halogenated alkanes) is 38. The van der Waals surface area contributed by atoms with Crippen LogP contribution in [0.2, 0.25) is 0 Å². The summed E-state index contributed by atoms with van der Waals surface area (Å²) in [6.07, 6.45) is 48.8. The second-order valence-electron chi connectivity index (χ2n) is 28.9. The zero-order valence-electron chi connectivity index (χ0n) is 61.6. The smallest absolute Gasteiger partial charge is 0.462 e. The predicted octanol–water partition coefficient (Wildman–Crippen LogP) is 21.7. The first kappa shape index (κ1) is 92.1. The Bertz CT molecular complexity index is 1850. The molecule has 3 unspecified atom stereocenters. The van der Waals surface area contributed by atoms with Gasteiger partial charge in [0.25, 0.3) is 0 Å². The molecule has 0 aromatic carbocycles. The molecule has 3 N–H and O–H groups in total. The van der Waals surface area contributed by atoms with Crippen molar-refractivity contribution in [2.24, 2.45) is 23.7 Å². The molecule has 0 aliphatic rings. The standard InChI is InChI=1S/C75H146O17P2/c1-65(2)51-43-35-27-21-17-13-9-11-15-19-23-31-39-47-55-72(77)85-61-71(92-75(80)58-50-42-34-26-30-38-46-54-68(7)8)64-90-94(83,84)88-60-69(76)59-87-93(81,82)89-63-70(62-86-73(78)56-48-40-33-25-29-37-45-53-67(5)6)91-74(79)57-49-41-32-24-20-16-12-10-14-18-22-28-36-44-52-66(3)4/h65-71,76H,9-64H2,1-8H3,(H,81,82)(H,83,84)/t69?,70-,71-/m1/s1. The van der Waals surface area contributed by atoms with Crippen LogP contribution in [0, 0.1) is 23.7 Å². The summed E-state index contributed by atoms with van der Waals surface area (Å²) in [4.78, 5) is 72.7. The Hall–Kier alpha value is -1.94. The fraction of sp³-hybridized carbons (Fsp3) is 0.947. The van der Waals surface area contributed by atoms with Crippen molar-refractivity contribution >= 4 is 39.5 Å². The van der Waals surface area contributed by atoms with Gasteiger partial charge >= 0.3 is 39.5 Å². The molecule has 0 saturated carbocycles. The van der Waals surface area contributed by atoms with Crippen molar-refractivity contribution in [3.05, 3.63) is 0 Å². The molecule has 0 bridgehead atoms. The van der Waals surface area contributed by atoms with Crippen LogP contribution in [0.3, 0.4) is 0 Å². The first-order valence-corrected chi connectivity index (χ1v) is 41.7. The summed E-state index contributed by atoms with van der Waals surface area (Å²) in [6.45, 7) is 14.1. The largest absolute Gasteiger partial charge is 0.472 e. The Balaban J connectivity index is 5.19. The molecule has 0 aromatic heterocycles. The molecule has 0 aliphatic carbocycles. The molecular weight excluding hydrogens is 1230 g/mol. The number of carbonyl (C=O) groups excluding carboxylic acids is 4. The lowest BCUT2D eigenvalue weighted by molar-refractivity contribution is -0.161. The monoisotopic (exact) mass is 1380 g/mol. The van der Waals surface area contributed by atoms with Crippen LogP contribution in [0.1, 0.15) is 376 Å². The third kappa shape index (κ3) is 68.6. The molecular formula is C75H146O17P2. The number of esters is 4. The molecule has 0 spiro atoms. The number of phosphoric ester groups is 2. The van der Waals surface area contributed by atoms with E-state index in [2.05, 4.69) is 55.4 Å². The summed E-state index contributed by atoms with van der Waals surface area (Å²) < 4.78 is 68.4. The number of aliphatic hydroxyl groups is 1. The molecule has 5 atom stereocenters. The quantitative estimate of drug-likeness (QED) is 0.0222. The van der Waals surface area contributed by atoms with Crippen LogP contribution in [0.5, 0.6) is 0 Å². The maximum atomic E-state index is 13.0. The van der Waals surface area contributed by atoms with Crippen molar-refractivity contribution in [1.29, 1.82) is 0 Å². The molecule has 0 aliphatic heterocycles.